The van der Waals surface area contributed by atoms with E-state index in [9.17, 15) is 4.79 Å². The van der Waals surface area contributed by atoms with Gasteiger partial charge >= 0.3 is 5.97 Å². The lowest BCUT2D eigenvalue weighted by Gasteiger charge is -2.49. The SMILES string of the molecule is CC(C)[Si](O[C@@H](C)[C@@H]1OC(C)(C)O[C@H]2O[C@@]3(CCC(=O)O3)C[C@H]21)(C(C)C)C(C)C. The van der Waals surface area contributed by atoms with E-state index in [1.54, 1.807) is 0 Å². The summed E-state index contributed by atoms with van der Waals surface area (Å²) in [4.78, 5) is 11.8. The summed E-state index contributed by atoms with van der Waals surface area (Å²) in [6.45, 7) is 19.7. The maximum Gasteiger partial charge on any atom is 0.308 e. The van der Waals surface area contributed by atoms with Crippen LogP contribution in [-0.2, 0) is 28.2 Å². The molecule has 168 valence electrons. The summed E-state index contributed by atoms with van der Waals surface area (Å²) < 4.78 is 31.3. The molecule has 0 bridgehead atoms. The molecule has 1 spiro atoms. The molecule has 3 rings (SSSR count). The maximum atomic E-state index is 11.8. The molecule has 0 aromatic rings. The summed E-state index contributed by atoms with van der Waals surface area (Å²) >= 11 is 0. The van der Waals surface area contributed by atoms with Gasteiger partial charge < -0.3 is 23.4 Å². The molecule has 3 fully saturated rings. The van der Waals surface area contributed by atoms with Gasteiger partial charge in [0.05, 0.1) is 18.6 Å². The molecule has 3 heterocycles. The van der Waals surface area contributed by atoms with E-state index in [1.807, 2.05) is 13.8 Å². The van der Waals surface area contributed by atoms with Crippen LogP contribution in [0.3, 0.4) is 0 Å². The highest BCUT2D eigenvalue weighted by atomic mass is 28.4. The van der Waals surface area contributed by atoms with E-state index in [0.717, 1.165) is 0 Å². The lowest BCUT2D eigenvalue weighted by atomic mass is 9.91. The second-order valence-electron chi connectivity index (χ2n) is 10.5. The van der Waals surface area contributed by atoms with E-state index in [2.05, 4.69) is 48.5 Å². The highest BCUT2D eigenvalue weighted by molar-refractivity contribution is 6.77. The maximum absolute atomic E-state index is 11.8. The van der Waals surface area contributed by atoms with Crippen LogP contribution in [0.25, 0.3) is 0 Å². The molecule has 0 unspecified atom stereocenters. The van der Waals surface area contributed by atoms with Crippen molar-refractivity contribution in [3.05, 3.63) is 0 Å². The molecule has 6 nitrogen and oxygen atoms in total. The number of ether oxygens (including phenoxy) is 4. The van der Waals surface area contributed by atoms with Gasteiger partial charge in [0, 0.05) is 18.8 Å². The lowest BCUT2D eigenvalue weighted by molar-refractivity contribution is -0.378. The molecule has 0 aromatic heterocycles. The minimum absolute atomic E-state index is 0.0258. The van der Waals surface area contributed by atoms with Crippen molar-refractivity contribution in [3.8, 4) is 0 Å². The zero-order valence-corrected chi connectivity index (χ0v) is 20.6. The predicted molar refractivity (Wildman–Crippen MR) is 113 cm³/mol. The Morgan fingerprint density at radius 2 is 1.55 bits per heavy atom. The standard InChI is InChI=1S/C22H40O6Si/c1-13(2)29(14(3)4,15(5)6)28-16(7)19-17-12-22(11-10-18(23)24-22)27-20(17)26-21(8,9)25-19/h13-17,19-20H,10-12H2,1-9H3/t16-,17-,19-,20-,22-/m0/s1. The fraction of sp³-hybridized carbons (Fsp3) is 0.955. The van der Waals surface area contributed by atoms with Crippen LogP contribution in [0.15, 0.2) is 0 Å². The van der Waals surface area contributed by atoms with Crippen LogP contribution in [0.1, 0.15) is 81.6 Å². The third-order valence-electron chi connectivity index (χ3n) is 7.04. The van der Waals surface area contributed by atoms with Crippen molar-refractivity contribution in [1.29, 1.82) is 0 Å². The van der Waals surface area contributed by atoms with Gasteiger partial charge in [-0.05, 0) is 37.4 Å². The Hall–Kier alpha value is -0.473. The second-order valence-corrected chi connectivity index (χ2v) is 15.9. The van der Waals surface area contributed by atoms with Gasteiger partial charge in [-0.3, -0.25) is 4.79 Å². The van der Waals surface area contributed by atoms with Gasteiger partial charge in [0.1, 0.15) is 0 Å². The Morgan fingerprint density at radius 1 is 0.966 bits per heavy atom. The molecular weight excluding hydrogens is 388 g/mol. The molecule has 0 saturated carbocycles. The van der Waals surface area contributed by atoms with E-state index in [0.29, 0.717) is 35.9 Å². The molecule has 3 saturated heterocycles. The molecule has 0 aromatic carbocycles. The summed E-state index contributed by atoms with van der Waals surface area (Å²) in [5.74, 6) is -1.87. The number of esters is 1. The fourth-order valence-corrected chi connectivity index (χ4v) is 11.6. The Balaban J connectivity index is 1.86. The van der Waals surface area contributed by atoms with Crippen molar-refractivity contribution < 1.29 is 28.2 Å². The third-order valence-corrected chi connectivity index (χ3v) is 13.2. The quantitative estimate of drug-likeness (QED) is 0.432. The van der Waals surface area contributed by atoms with Crippen molar-refractivity contribution in [1.82, 2.24) is 0 Å². The van der Waals surface area contributed by atoms with Crippen LogP contribution in [0.2, 0.25) is 16.6 Å². The Labute approximate surface area is 177 Å². The van der Waals surface area contributed by atoms with Crippen molar-refractivity contribution in [2.75, 3.05) is 0 Å². The van der Waals surface area contributed by atoms with E-state index >= 15 is 0 Å². The van der Waals surface area contributed by atoms with Crippen LogP contribution < -0.4 is 0 Å². The molecule has 0 amide bonds. The number of hydrogen-bond acceptors (Lipinski definition) is 6. The zero-order chi connectivity index (χ0) is 21.8. The van der Waals surface area contributed by atoms with Crippen LogP contribution in [0.4, 0.5) is 0 Å². The number of fused-ring (bicyclic) bond motifs is 1. The molecule has 7 heteroatoms. The molecule has 0 aliphatic carbocycles. The Morgan fingerprint density at radius 3 is 2.03 bits per heavy atom. The van der Waals surface area contributed by atoms with Gasteiger partial charge in [0.2, 0.25) is 14.1 Å². The topological polar surface area (TPSA) is 63.2 Å². The fourth-order valence-electron chi connectivity index (χ4n) is 5.98. The molecule has 3 aliphatic rings. The van der Waals surface area contributed by atoms with Crippen LogP contribution in [0, 0.1) is 5.92 Å². The third kappa shape index (κ3) is 4.18. The van der Waals surface area contributed by atoms with E-state index in [-0.39, 0.29) is 24.1 Å². The number of rotatable bonds is 6. The lowest BCUT2D eigenvalue weighted by Crippen LogP contribution is -2.57. The van der Waals surface area contributed by atoms with Gasteiger partial charge in [0.15, 0.2) is 12.1 Å². The number of carbonyl (C=O) groups is 1. The Bertz CT molecular complexity index is 597. The van der Waals surface area contributed by atoms with Gasteiger partial charge in [0.25, 0.3) is 0 Å². The summed E-state index contributed by atoms with van der Waals surface area (Å²) in [5, 5.41) is 0. The van der Waals surface area contributed by atoms with Crippen LogP contribution in [-0.4, -0.2) is 44.4 Å². The summed E-state index contributed by atoms with van der Waals surface area (Å²) in [7, 11) is -2.06. The average molecular weight is 429 g/mol. The Kier molecular flexibility index (Phi) is 6.32. The molecule has 0 N–H and O–H groups in total. The second kappa shape index (κ2) is 7.90. The zero-order valence-electron chi connectivity index (χ0n) is 19.6. The predicted octanol–water partition coefficient (Wildman–Crippen LogP) is 5.11. The first-order valence-electron chi connectivity index (χ1n) is 11.2. The summed E-state index contributed by atoms with van der Waals surface area (Å²) in [6.07, 6.45) is 0.842. The number of carbonyl (C=O) groups excluding carboxylic acids is 1. The first kappa shape index (κ1) is 23.2. The van der Waals surface area contributed by atoms with Crippen molar-refractivity contribution in [2.24, 2.45) is 5.92 Å². The van der Waals surface area contributed by atoms with Gasteiger partial charge in [-0.15, -0.1) is 0 Å². The normalized spacial score (nSPS) is 35.6. The highest BCUT2D eigenvalue weighted by Crippen LogP contribution is 2.51. The molecular formula is C22H40O6Si. The van der Waals surface area contributed by atoms with Gasteiger partial charge in [-0.2, -0.15) is 0 Å². The number of hydrogen-bond donors (Lipinski definition) is 0. The first-order valence-corrected chi connectivity index (χ1v) is 13.4. The van der Waals surface area contributed by atoms with Crippen molar-refractivity contribution >= 4 is 14.3 Å². The van der Waals surface area contributed by atoms with Crippen LogP contribution >= 0.6 is 0 Å². The van der Waals surface area contributed by atoms with Gasteiger partial charge in [-0.1, -0.05) is 41.5 Å². The smallest absolute Gasteiger partial charge is 0.308 e. The van der Waals surface area contributed by atoms with E-state index < -0.39 is 26.2 Å². The molecule has 29 heavy (non-hydrogen) atoms. The molecule has 0 radical (unpaired) electrons. The van der Waals surface area contributed by atoms with E-state index in [1.165, 1.54) is 0 Å². The minimum Gasteiger partial charge on any atom is -0.433 e. The minimum atomic E-state index is -2.06. The summed E-state index contributed by atoms with van der Waals surface area (Å²) in [6, 6.07) is 0. The monoisotopic (exact) mass is 428 g/mol. The van der Waals surface area contributed by atoms with E-state index in [4.69, 9.17) is 23.4 Å². The highest BCUT2D eigenvalue weighted by Gasteiger charge is 2.60. The molecule has 5 atom stereocenters. The largest absolute Gasteiger partial charge is 0.433 e. The first-order chi connectivity index (χ1) is 13.3. The average Bonchev–Trinajstić information content (AvgIpc) is 3.11. The summed E-state index contributed by atoms with van der Waals surface area (Å²) in [5.41, 5.74) is 1.49. The van der Waals surface area contributed by atoms with Gasteiger partial charge in [-0.25, -0.2) is 0 Å². The van der Waals surface area contributed by atoms with Crippen LogP contribution in [0.5, 0.6) is 0 Å². The van der Waals surface area contributed by atoms with Crippen molar-refractivity contribution in [2.45, 2.75) is 128 Å². The molecule has 3 aliphatic heterocycles. The van der Waals surface area contributed by atoms with Crippen molar-refractivity contribution in [3.63, 3.8) is 0 Å².